The van der Waals surface area contributed by atoms with Gasteiger partial charge in [0, 0.05) is 32.4 Å². The van der Waals surface area contributed by atoms with Crippen molar-refractivity contribution in [2.45, 2.75) is 52.1 Å². The number of hydrogen-bond acceptors (Lipinski definition) is 5. The van der Waals surface area contributed by atoms with Gasteiger partial charge in [-0.25, -0.2) is 4.79 Å². The molecule has 146 valence electrons. The van der Waals surface area contributed by atoms with Crippen LogP contribution in [-0.4, -0.2) is 71.8 Å². The van der Waals surface area contributed by atoms with Gasteiger partial charge in [0.05, 0.1) is 0 Å². The van der Waals surface area contributed by atoms with E-state index in [0.29, 0.717) is 6.54 Å². The Labute approximate surface area is 160 Å². The highest BCUT2D eigenvalue weighted by molar-refractivity contribution is 6.00. The lowest BCUT2D eigenvalue weighted by Crippen LogP contribution is -2.66. The summed E-state index contributed by atoms with van der Waals surface area (Å²) in [7, 11) is 1.79. The van der Waals surface area contributed by atoms with E-state index in [2.05, 4.69) is 47.2 Å². The number of nitrogens with one attached hydrogen (secondary N) is 1. The van der Waals surface area contributed by atoms with Gasteiger partial charge in [-0.05, 0) is 38.3 Å². The molecular weight excluding hydrogens is 342 g/mol. The number of nitrogens with zero attached hydrogens (tertiary/aromatic N) is 4. The molecule has 0 saturated carbocycles. The molecule has 1 N–H and O–H groups in total. The fourth-order valence-electron chi connectivity index (χ4n) is 4.72. The molecule has 3 saturated heterocycles. The fraction of sp³-hybridized carbons (Fsp3) is 0.600. The summed E-state index contributed by atoms with van der Waals surface area (Å²) in [6.07, 6.45) is 1.41. The average molecular weight is 371 g/mol. The smallest absolute Gasteiger partial charge is 0.327 e. The minimum Gasteiger partial charge on any atom is -0.343 e. The second-order valence-electron chi connectivity index (χ2n) is 7.89. The van der Waals surface area contributed by atoms with Gasteiger partial charge in [-0.2, -0.15) is 0 Å². The third-order valence-electron chi connectivity index (χ3n) is 5.98. The van der Waals surface area contributed by atoms with E-state index in [-0.39, 0.29) is 30.4 Å². The van der Waals surface area contributed by atoms with Gasteiger partial charge < -0.3 is 9.80 Å². The first-order valence-corrected chi connectivity index (χ1v) is 9.88. The van der Waals surface area contributed by atoms with E-state index in [1.807, 2.05) is 6.92 Å². The Morgan fingerprint density at radius 3 is 2.67 bits per heavy atom. The minimum atomic E-state index is -0.321. The number of aryl methyl sites for hydroxylation is 2. The van der Waals surface area contributed by atoms with Gasteiger partial charge in [-0.3, -0.25) is 19.9 Å². The molecule has 3 atom stereocenters. The Bertz CT molecular complexity index is 767. The van der Waals surface area contributed by atoms with Gasteiger partial charge >= 0.3 is 6.03 Å². The maximum Gasteiger partial charge on any atom is 0.327 e. The van der Waals surface area contributed by atoms with E-state index in [0.717, 1.165) is 25.9 Å². The Hall–Kier alpha value is -2.12. The van der Waals surface area contributed by atoms with Crippen molar-refractivity contribution in [2.75, 3.05) is 31.6 Å². The number of carbonyl (C=O) groups excluding carboxylic acids is 2. The Kier molecular flexibility index (Phi) is 4.60. The molecular formula is C20H29N5O2. The van der Waals surface area contributed by atoms with E-state index in [4.69, 9.17) is 0 Å². The molecule has 3 aliphatic heterocycles. The summed E-state index contributed by atoms with van der Waals surface area (Å²) in [5.74, 6) is -0.0672. The average Bonchev–Trinajstić information content (AvgIpc) is 3.04. The number of rotatable bonds is 3. The number of imide groups is 1. The molecule has 3 amide bonds. The molecule has 3 fully saturated rings. The maximum atomic E-state index is 13.1. The van der Waals surface area contributed by atoms with Crippen molar-refractivity contribution in [2.24, 2.45) is 0 Å². The number of carbonyl (C=O) groups is 2. The molecule has 3 unspecified atom stereocenters. The molecule has 0 radical (unpaired) electrons. The molecule has 7 nitrogen and oxygen atoms in total. The quantitative estimate of drug-likeness (QED) is 0.876. The second kappa shape index (κ2) is 6.80. The van der Waals surface area contributed by atoms with Gasteiger partial charge in [-0.15, -0.1) is 0 Å². The lowest BCUT2D eigenvalue weighted by Gasteiger charge is -2.44. The van der Waals surface area contributed by atoms with E-state index in [1.165, 1.54) is 21.7 Å². The monoisotopic (exact) mass is 371 g/mol. The zero-order valence-electron chi connectivity index (χ0n) is 16.6. The first kappa shape index (κ1) is 18.3. The van der Waals surface area contributed by atoms with Crippen LogP contribution in [0.25, 0.3) is 0 Å². The highest BCUT2D eigenvalue weighted by atomic mass is 16.2. The Balaban J connectivity index is 1.67. The number of amides is 3. The predicted molar refractivity (Wildman–Crippen MR) is 104 cm³/mol. The number of benzene rings is 1. The summed E-state index contributed by atoms with van der Waals surface area (Å²) in [5.41, 5.74) is 3.67. The van der Waals surface area contributed by atoms with Crippen LogP contribution in [0.2, 0.25) is 0 Å². The van der Waals surface area contributed by atoms with Crippen LogP contribution in [0.1, 0.15) is 30.9 Å². The molecule has 1 aromatic rings. The van der Waals surface area contributed by atoms with Crippen molar-refractivity contribution >= 4 is 17.6 Å². The second-order valence-corrected chi connectivity index (χ2v) is 7.89. The van der Waals surface area contributed by atoms with Crippen LogP contribution in [0.4, 0.5) is 10.5 Å². The summed E-state index contributed by atoms with van der Waals surface area (Å²) >= 11 is 0. The van der Waals surface area contributed by atoms with Gasteiger partial charge in [0.15, 0.2) is 0 Å². The van der Waals surface area contributed by atoms with Crippen LogP contribution in [0.15, 0.2) is 18.2 Å². The third kappa shape index (κ3) is 2.80. The van der Waals surface area contributed by atoms with Gasteiger partial charge in [0.2, 0.25) is 0 Å². The lowest BCUT2D eigenvalue weighted by molar-refractivity contribution is -0.138. The van der Waals surface area contributed by atoms with Crippen molar-refractivity contribution < 1.29 is 9.59 Å². The van der Waals surface area contributed by atoms with Crippen molar-refractivity contribution in [3.8, 4) is 0 Å². The van der Waals surface area contributed by atoms with E-state index in [1.54, 1.807) is 11.9 Å². The predicted octanol–water partition coefficient (Wildman–Crippen LogP) is 1.70. The molecule has 4 rings (SSSR count). The molecule has 1 aromatic carbocycles. The van der Waals surface area contributed by atoms with Crippen molar-refractivity contribution in [1.29, 1.82) is 0 Å². The number of likely N-dealkylation sites (N-methyl/N-ethyl adjacent to an activating group) is 1. The summed E-state index contributed by atoms with van der Waals surface area (Å²) < 4.78 is 0. The normalized spacial score (nSPS) is 28.6. The number of anilines is 1. The van der Waals surface area contributed by atoms with Gasteiger partial charge in [-0.1, -0.05) is 24.6 Å². The van der Waals surface area contributed by atoms with Crippen LogP contribution in [-0.2, 0) is 4.79 Å². The number of hydrogen-bond donors (Lipinski definition) is 1. The summed E-state index contributed by atoms with van der Waals surface area (Å²) in [6, 6.07) is 5.97. The van der Waals surface area contributed by atoms with E-state index in [9.17, 15) is 9.59 Å². The number of fused-ring (bicyclic) bond motifs is 3. The topological polar surface area (TPSA) is 59.1 Å². The minimum absolute atomic E-state index is 0.0672. The molecule has 0 aromatic heterocycles. The van der Waals surface area contributed by atoms with Crippen LogP contribution in [0.5, 0.6) is 0 Å². The summed E-state index contributed by atoms with van der Waals surface area (Å²) in [5, 5.41) is 3.57. The first-order valence-electron chi connectivity index (χ1n) is 9.88. The van der Waals surface area contributed by atoms with Gasteiger partial charge in [0.1, 0.15) is 18.5 Å². The number of urea groups is 1. The van der Waals surface area contributed by atoms with E-state index < -0.39 is 0 Å². The van der Waals surface area contributed by atoms with Crippen molar-refractivity contribution in [3.05, 3.63) is 29.3 Å². The van der Waals surface area contributed by atoms with Crippen LogP contribution < -0.4 is 10.2 Å². The highest BCUT2D eigenvalue weighted by Crippen LogP contribution is 2.34. The molecule has 3 heterocycles. The Morgan fingerprint density at radius 2 is 1.96 bits per heavy atom. The standard InChI is InChI=1S/C20H29N5O2/c1-5-9-25-18(26)16-17(22(4)20(25)27)21-19-23(10-6-11-24(16)19)15-8-7-13(2)12-14(15)3/h7-8,12,16-17,19,21H,5-6,9-11H2,1-4H3. The molecule has 3 aliphatic rings. The van der Waals surface area contributed by atoms with E-state index >= 15 is 0 Å². The molecule has 0 spiro atoms. The largest absolute Gasteiger partial charge is 0.343 e. The Morgan fingerprint density at radius 1 is 1.19 bits per heavy atom. The SMILES string of the molecule is CCCN1C(=O)C2C(NC3N(c4ccc(C)cc4C)CCCN23)N(C)C1=O. The molecule has 27 heavy (non-hydrogen) atoms. The highest BCUT2D eigenvalue weighted by Gasteiger charge is 2.55. The molecule has 0 aliphatic carbocycles. The van der Waals surface area contributed by atoms with Crippen molar-refractivity contribution in [1.82, 2.24) is 20.0 Å². The van der Waals surface area contributed by atoms with Crippen LogP contribution >= 0.6 is 0 Å². The summed E-state index contributed by atoms with van der Waals surface area (Å²) in [4.78, 5) is 33.5. The summed E-state index contributed by atoms with van der Waals surface area (Å²) in [6.45, 7) is 8.49. The fourth-order valence-corrected chi connectivity index (χ4v) is 4.72. The van der Waals surface area contributed by atoms with Crippen molar-refractivity contribution in [3.63, 3.8) is 0 Å². The molecule has 7 heteroatoms. The van der Waals surface area contributed by atoms with Crippen LogP contribution in [0, 0.1) is 13.8 Å². The molecule has 0 bridgehead atoms. The zero-order valence-corrected chi connectivity index (χ0v) is 16.6. The van der Waals surface area contributed by atoms with Gasteiger partial charge in [0.25, 0.3) is 5.91 Å². The lowest BCUT2D eigenvalue weighted by atomic mass is 10.1. The first-order chi connectivity index (χ1) is 12.9. The zero-order chi connectivity index (χ0) is 19.3. The third-order valence-corrected chi connectivity index (χ3v) is 5.98. The maximum absolute atomic E-state index is 13.1. The van der Waals surface area contributed by atoms with Crippen LogP contribution in [0.3, 0.4) is 0 Å².